The normalized spacial score (nSPS) is 11.2. The van der Waals surface area contributed by atoms with Crippen LogP contribution in [-0.4, -0.2) is 22.4 Å². The zero-order valence-electron chi connectivity index (χ0n) is 24.9. The molecule has 6 aromatic rings. The zero-order valence-corrected chi connectivity index (χ0v) is 24.9. The van der Waals surface area contributed by atoms with Crippen LogP contribution in [0, 0.1) is 0 Å². The number of ether oxygens (including phenoxy) is 3. The first-order valence-corrected chi connectivity index (χ1v) is 14.9. The molecule has 0 unspecified atom stereocenters. The van der Waals surface area contributed by atoms with Gasteiger partial charge < -0.3 is 23.9 Å². The molecule has 6 nitrogen and oxygen atoms in total. The summed E-state index contributed by atoms with van der Waals surface area (Å²) in [6.07, 6.45) is -0.717. The van der Waals surface area contributed by atoms with Crippen LogP contribution in [0.4, 0.5) is 4.79 Å². The third kappa shape index (κ3) is 6.11. The summed E-state index contributed by atoms with van der Waals surface area (Å²) in [6, 6.07) is 38.2. The third-order valence-corrected chi connectivity index (χ3v) is 7.80. The monoisotopic (exact) mass is 585 g/mol. The highest BCUT2D eigenvalue weighted by molar-refractivity contribution is 6.02. The fourth-order valence-electron chi connectivity index (χ4n) is 5.77. The van der Waals surface area contributed by atoms with E-state index in [4.69, 9.17) is 14.2 Å². The fourth-order valence-corrected chi connectivity index (χ4v) is 5.77. The Labute approximate surface area is 257 Å². The van der Waals surface area contributed by atoms with Gasteiger partial charge >= 0.3 is 6.16 Å². The van der Waals surface area contributed by atoms with Crippen molar-refractivity contribution in [1.82, 2.24) is 4.57 Å². The van der Waals surface area contributed by atoms with Crippen molar-refractivity contribution in [1.29, 1.82) is 0 Å². The van der Waals surface area contributed by atoms with E-state index in [2.05, 4.69) is 38.1 Å². The lowest BCUT2D eigenvalue weighted by atomic mass is 9.92. The van der Waals surface area contributed by atoms with Gasteiger partial charge in [0, 0.05) is 17.3 Å². The summed E-state index contributed by atoms with van der Waals surface area (Å²) >= 11 is 0. The number of fused-ring (bicyclic) bond motifs is 2. The van der Waals surface area contributed by atoms with Gasteiger partial charge in [-0.15, -0.1) is 0 Å². The van der Waals surface area contributed by atoms with Crippen LogP contribution in [0.3, 0.4) is 0 Å². The van der Waals surface area contributed by atoms with E-state index in [-0.39, 0.29) is 5.92 Å². The largest absolute Gasteiger partial charge is 0.512 e. The van der Waals surface area contributed by atoms with Crippen LogP contribution >= 0.6 is 0 Å². The van der Waals surface area contributed by atoms with Gasteiger partial charge in [-0.2, -0.15) is 0 Å². The Kier molecular flexibility index (Phi) is 8.50. The Morgan fingerprint density at radius 1 is 0.795 bits per heavy atom. The van der Waals surface area contributed by atoms with E-state index in [0.29, 0.717) is 37.8 Å². The van der Waals surface area contributed by atoms with Crippen LogP contribution in [0.5, 0.6) is 17.4 Å². The van der Waals surface area contributed by atoms with E-state index in [1.54, 1.807) is 0 Å². The quantitative estimate of drug-likeness (QED) is 0.121. The number of rotatable bonds is 11. The number of aromatic nitrogens is 1. The summed E-state index contributed by atoms with van der Waals surface area (Å²) in [5, 5.41) is 12.9. The Hall–Kier alpha value is -5.23. The molecule has 0 aliphatic heterocycles. The first-order valence-electron chi connectivity index (χ1n) is 14.9. The van der Waals surface area contributed by atoms with Crippen LogP contribution in [0.15, 0.2) is 115 Å². The molecular weight excluding hydrogens is 550 g/mol. The molecule has 44 heavy (non-hydrogen) atoms. The molecule has 6 rings (SSSR count). The molecule has 0 bridgehead atoms. The van der Waals surface area contributed by atoms with Crippen molar-refractivity contribution >= 4 is 27.8 Å². The number of benzene rings is 5. The van der Waals surface area contributed by atoms with Gasteiger partial charge in [-0.1, -0.05) is 105 Å². The van der Waals surface area contributed by atoms with Crippen molar-refractivity contribution in [2.24, 2.45) is 0 Å². The molecule has 0 aliphatic rings. The molecule has 1 N–H and O–H groups in total. The lowest BCUT2D eigenvalue weighted by Gasteiger charge is -2.15. The van der Waals surface area contributed by atoms with Crippen molar-refractivity contribution in [3.63, 3.8) is 0 Å². The molecule has 0 saturated heterocycles. The van der Waals surface area contributed by atoms with Crippen molar-refractivity contribution in [3.05, 3.63) is 126 Å². The van der Waals surface area contributed by atoms with E-state index in [0.717, 1.165) is 49.7 Å². The highest BCUT2D eigenvalue weighted by Crippen LogP contribution is 2.44. The summed E-state index contributed by atoms with van der Waals surface area (Å²) in [6.45, 7) is 5.65. The summed E-state index contributed by atoms with van der Waals surface area (Å²) < 4.78 is 20.0. The molecule has 1 heterocycles. The molecule has 6 heteroatoms. The molecule has 1 aromatic heterocycles. The number of hydrogen-bond acceptors (Lipinski definition) is 4. The lowest BCUT2D eigenvalue weighted by molar-refractivity contribution is 0.141. The minimum absolute atomic E-state index is 0.217. The van der Waals surface area contributed by atoms with Crippen molar-refractivity contribution in [2.75, 3.05) is 6.61 Å². The van der Waals surface area contributed by atoms with Gasteiger partial charge in [-0.25, -0.2) is 4.79 Å². The molecule has 0 radical (unpaired) electrons. The maximum Gasteiger partial charge on any atom is 0.512 e. The summed E-state index contributed by atoms with van der Waals surface area (Å²) in [4.78, 5) is 12.1. The van der Waals surface area contributed by atoms with Crippen molar-refractivity contribution in [2.45, 2.75) is 39.3 Å². The Morgan fingerprint density at radius 2 is 1.55 bits per heavy atom. The highest BCUT2D eigenvalue weighted by Gasteiger charge is 2.25. The second-order valence-electron chi connectivity index (χ2n) is 11.1. The average molecular weight is 586 g/mol. The Morgan fingerprint density at radius 3 is 2.36 bits per heavy atom. The fraction of sp³-hybridized carbons (Fsp3) is 0.184. The first-order chi connectivity index (χ1) is 21.5. The maximum absolute atomic E-state index is 12.1. The minimum atomic E-state index is -1.36. The van der Waals surface area contributed by atoms with E-state index in [1.165, 1.54) is 0 Å². The average Bonchev–Trinajstić information content (AvgIpc) is 3.33. The predicted octanol–water partition coefficient (Wildman–Crippen LogP) is 9.69. The van der Waals surface area contributed by atoms with Gasteiger partial charge in [0.1, 0.15) is 18.1 Å². The second-order valence-corrected chi connectivity index (χ2v) is 11.1. The summed E-state index contributed by atoms with van der Waals surface area (Å²) in [5.41, 5.74) is 4.72. The van der Waals surface area contributed by atoms with Crippen LogP contribution < -0.4 is 14.2 Å². The minimum Gasteiger partial charge on any atom is -0.493 e. The number of nitrogens with zero attached hydrogens (tertiary/aromatic N) is 1. The van der Waals surface area contributed by atoms with E-state index in [1.807, 2.05) is 95.6 Å². The van der Waals surface area contributed by atoms with Crippen molar-refractivity contribution < 1.29 is 24.1 Å². The van der Waals surface area contributed by atoms with Crippen LogP contribution in [0.25, 0.3) is 32.8 Å². The lowest BCUT2D eigenvalue weighted by Crippen LogP contribution is -2.11. The van der Waals surface area contributed by atoms with Crippen molar-refractivity contribution in [3.8, 4) is 28.5 Å². The van der Waals surface area contributed by atoms with E-state index < -0.39 is 6.16 Å². The molecule has 0 fully saturated rings. The first kappa shape index (κ1) is 28.9. The highest BCUT2D eigenvalue weighted by atomic mass is 16.7. The van der Waals surface area contributed by atoms with Gasteiger partial charge in [0.15, 0.2) is 0 Å². The van der Waals surface area contributed by atoms with Gasteiger partial charge in [-0.05, 0) is 58.7 Å². The Balaban J connectivity index is 1.38. The third-order valence-electron chi connectivity index (χ3n) is 7.80. The predicted molar refractivity (Wildman–Crippen MR) is 175 cm³/mol. The molecule has 0 aliphatic carbocycles. The van der Waals surface area contributed by atoms with Crippen LogP contribution in [0.1, 0.15) is 37.3 Å². The molecule has 222 valence electrons. The second kappa shape index (κ2) is 13.0. The number of aryl methyl sites for hydroxylation is 1. The standard InChI is InChI=1S/C38H35NO5/c1-26(2)30-16-8-9-18-32(30)36-33-24-29(43-25-27-12-4-3-5-13-27)20-21-34(33)39(37(36)44-38(40)41)22-11-23-42-35-19-10-15-28-14-6-7-17-31(28)35/h3-10,12-21,24,26H,11,22-23,25H2,1-2H3,(H,40,41). The molecular formula is C38H35NO5. The van der Waals surface area contributed by atoms with E-state index >= 15 is 0 Å². The number of hydrogen-bond donors (Lipinski definition) is 1. The van der Waals surface area contributed by atoms with Gasteiger partial charge in [0.25, 0.3) is 0 Å². The number of carboxylic acid groups (broad SMARTS) is 1. The SMILES string of the molecule is CC(C)c1ccccc1-c1c(OC(=O)O)n(CCCOc2cccc3ccccc23)c2ccc(OCc3ccccc3)cc12. The van der Waals surface area contributed by atoms with Gasteiger partial charge in [0.2, 0.25) is 5.88 Å². The number of carbonyl (C=O) groups is 1. The topological polar surface area (TPSA) is 69.9 Å². The molecule has 0 amide bonds. The molecule has 5 aromatic carbocycles. The van der Waals surface area contributed by atoms with Gasteiger partial charge in [-0.3, -0.25) is 0 Å². The summed E-state index contributed by atoms with van der Waals surface area (Å²) in [7, 11) is 0. The van der Waals surface area contributed by atoms with E-state index in [9.17, 15) is 9.90 Å². The molecule has 0 saturated carbocycles. The van der Waals surface area contributed by atoms with Gasteiger partial charge in [0.05, 0.1) is 17.7 Å². The Bertz CT molecular complexity index is 1900. The molecule has 0 spiro atoms. The smallest absolute Gasteiger partial charge is 0.493 e. The van der Waals surface area contributed by atoms with Crippen LogP contribution in [-0.2, 0) is 13.2 Å². The summed E-state index contributed by atoms with van der Waals surface area (Å²) in [5.74, 6) is 2.04. The zero-order chi connectivity index (χ0) is 30.5. The molecule has 0 atom stereocenters. The maximum atomic E-state index is 12.1. The van der Waals surface area contributed by atoms with Crippen LogP contribution in [0.2, 0.25) is 0 Å².